The number of nitrogens with zero attached hydrogens (tertiary/aromatic N) is 4. The van der Waals surface area contributed by atoms with E-state index < -0.39 is 0 Å². The lowest BCUT2D eigenvalue weighted by Crippen LogP contribution is -2.22. The topological polar surface area (TPSA) is 73.8 Å². The van der Waals surface area contributed by atoms with Crippen molar-refractivity contribution in [2.24, 2.45) is 0 Å². The molecule has 9 heteroatoms. The lowest BCUT2D eigenvalue weighted by molar-refractivity contribution is 0.372. The van der Waals surface area contributed by atoms with E-state index in [9.17, 15) is 4.79 Å². The first kappa shape index (κ1) is 19.4. The Labute approximate surface area is 174 Å². The van der Waals surface area contributed by atoms with Gasteiger partial charge in [-0.3, -0.25) is 9.36 Å². The Morgan fingerprint density at radius 1 is 1.25 bits per heavy atom. The Hall–Kier alpha value is -1.97. The number of rotatable bonds is 6. The van der Waals surface area contributed by atoms with Gasteiger partial charge in [0.2, 0.25) is 5.89 Å². The molecule has 0 amide bonds. The Morgan fingerprint density at radius 3 is 2.71 bits per heavy atom. The van der Waals surface area contributed by atoms with Crippen LogP contribution in [0.4, 0.5) is 0 Å². The van der Waals surface area contributed by atoms with Crippen LogP contribution in [0, 0.1) is 0 Å². The second-order valence-corrected chi connectivity index (χ2v) is 9.77. The van der Waals surface area contributed by atoms with Gasteiger partial charge >= 0.3 is 0 Å². The molecule has 0 aromatic carbocycles. The summed E-state index contributed by atoms with van der Waals surface area (Å²) in [6, 6.07) is 4.03. The van der Waals surface area contributed by atoms with Gasteiger partial charge in [0.15, 0.2) is 11.0 Å². The molecule has 28 heavy (non-hydrogen) atoms. The van der Waals surface area contributed by atoms with Gasteiger partial charge in [0.25, 0.3) is 5.56 Å². The average Bonchev–Trinajstić information content (AvgIpc) is 3.41. The monoisotopic (exact) mass is 432 g/mol. The largest absolute Gasteiger partial charge is 0.338 e. The van der Waals surface area contributed by atoms with Gasteiger partial charge in [-0.25, -0.2) is 4.98 Å². The minimum absolute atomic E-state index is 0.000230. The van der Waals surface area contributed by atoms with Crippen molar-refractivity contribution >= 4 is 44.7 Å². The van der Waals surface area contributed by atoms with Crippen molar-refractivity contribution < 1.29 is 4.52 Å². The van der Waals surface area contributed by atoms with Gasteiger partial charge < -0.3 is 4.52 Å². The molecule has 0 aliphatic rings. The Balaban J connectivity index is 1.74. The molecule has 0 fully saturated rings. The molecule has 4 heterocycles. The maximum atomic E-state index is 13.2. The zero-order valence-corrected chi connectivity index (χ0v) is 18.5. The van der Waals surface area contributed by atoms with E-state index in [-0.39, 0.29) is 16.7 Å². The molecule has 4 rings (SSSR count). The van der Waals surface area contributed by atoms with Gasteiger partial charge in [-0.05, 0) is 25.3 Å². The highest BCUT2D eigenvalue weighted by Gasteiger charge is 2.22. The van der Waals surface area contributed by atoms with E-state index in [1.807, 2.05) is 50.6 Å². The predicted octanol–water partition coefficient (Wildman–Crippen LogP) is 5.57. The second kappa shape index (κ2) is 7.81. The summed E-state index contributed by atoms with van der Waals surface area (Å²) in [7, 11) is 0. The molecule has 0 saturated heterocycles. The molecule has 0 radical (unpaired) electrons. The smallest absolute Gasteiger partial charge is 0.263 e. The minimum atomic E-state index is -0.0983. The minimum Gasteiger partial charge on any atom is -0.338 e. The normalized spacial score (nSPS) is 12.9. The quantitative estimate of drug-likeness (QED) is 0.293. The molecular formula is C19H20N4O2S3. The van der Waals surface area contributed by atoms with Crippen LogP contribution in [0.2, 0.25) is 0 Å². The summed E-state index contributed by atoms with van der Waals surface area (Å²) >= 11 is 4.61. The molecule has 4 aromatic heterocycles. The summed E-state index contributed by atoms with van der Waals surface area (Å²) in [4.78, 5) is 24.4. The summed E-state index contributed by atoms with van der Waals surface area (Å²) in [5.41, 5.74) is 0.970. The number of thiophene rings is 2. The van der Waals surface area contributed by atoms with Crippen molar-refractivity contribution in [2.75, 3.05) is 0 Å². The third kappa shape index (κ3) is 3.42. The van der Waals surface area contributed by atoms with Gasteiger partial charge in [0.1, 0.15) is 4.83 Å². The SMILES string of the molecule is CCn1c(S[C@@H](C)c2nc(C(C)C)no2)nc2scc(-c3cccs3)c2c1=O. The van der Waals surface area contributed by atoms with E-state index in [1.54, 1.807) is 15.9 Å². The molecule has 0 aliphatic heterocycles. The van der Waals surface area contributed by atoms with E-state index in [4.69, 9.17) is 9.51 Å². The lowest BCUT2D eigenvalue weighted by atomic mass is 10.2. The van der Waals surface area contributed by atoms with Crippen LogP contribution >= 0.6 is 34.4 Å². The van der Waals surface area contributed by atoms with Crippen LogP contribution in [0.5, 0.6) is 0 Å². The zero-order valence-electron chi connectivity index (χ0n) is 16.0. The van der Waals surface area contributed by atoms with Gasteiger partial charge in [-0.2, -0.15) is 4.98 Å². The van der Waals surface area contributed by atoms with Crippen molar-refractivity contribution in [2.45, 2.75) is 50.6 Å². The van der Waals surface area contributed by atoms with Gasteiger partial charge in [0.05, 0.1) is 10.6 Å². The summed E-state index contributed by atoms with van der Waals surface area (Å²) in [5, 5.41) is 9.36. The van der Waals surface area contributed by atoms with Gasteiger partial charge in [-0.1, -0.05) is 36.8 Å². The summed E-state index contributed by atoms with van der Waals surface area (Å²) in [6.07, 6.45) is 0. The number of aromatic nitrogens is 4. The molecule has 0 unspecified atom stereocenters. The fraction of sp³-hybridized carbons (Fsp3) is 0.368. The Morgan fingerprint density at radius 2 is 2.07 bits per heavy atom. The van der Waals surface area contributed by atoms with E-state index >= 15 is 0 Å². The van der Waals surface area contributed by atoms with Crippen LogP contribution in [0.3, 0.4) is 0 Å². The van der Waals surface area contributed by atoms with Crippen molar-refractivity contribution in [3.63, 3.8) is 0 Å². The molecule has 0 aliphatic carbocycles. The first-order valence-corrected chi connectivity index (χ1v) is 11.7. The van der Waals surface area contributed by atoms with Crippen LogP contribution in [0.1, 0.15) is 50.6 Å². The van der Waals surface area contributed by atoms with E-state index in [1.165, 1.54) is 23.1 Å². The Bertz CT molecular complexity index is 1160. The van der Waals surface area contributed by atoms with Crippen LogP contribution in [-0.4, -0.2) is 19.7 Å². The third-order valence-corrected chi connectivity index (χ3v) is 7.22. The molecule has 6 nitrogen and oxygen atoms in total. The van der Waals surface area contributed by atoms with Gasteiger partial charge in [-0.15, -0.1) is 22.7 Å². The fourth-order valence-electron chi connectivity index (χ4n) is 2.84. The van der Waals surface area contributed by atoms with Crippen molar-refractivity contribution in [1.29, 1.82) is 0 Å². The maximum absolute atomic E-state index is 13.2. The van der Waals surface area contributed by atoms with E-state index in [0.29, 0.717) is 28.8 Å². The Kier molecular flexibility index (Phi) is 5.39. The van der Waals surface area contributed by atoms with Crippen molar-refractivity contribution in [3.05, 3.63) is 45.0 Å². The summed E-state index contributed by atoms with van der Waals surface area (Å²) < 4.78 is 7.14. The molecular weight excluding hydrogens is 412 g/mol. The molecule has 1 atom stereocenters. The highest BCUT2D eigenvalue weighted by molar-refractivity contribution is 7.99. The lowest BCUT2D eigenvalue weighted by Gasteiger charge is -2.12. The maximum Gasteiger partial charge on any atom is 0.263 e. The first-order valence-electron chi connectivity index (χ1n) is 9.05. The second-order valence-electron chi connectivity index (χ2n) is 6.66. The first-order chi connectivity index (χ1) is 13.5. The van der Waals surface area contributed by atoms with Crippen LogP contribution < -0.4 is 5.56 Å². The molecule has 4 aromatic rings. The van der Waals surface area contributed by atoms with Crippen molar-refractivity contribution in [3.8, 4) is 10.4 Å². The van der Waals surface area contributed by atoms with Crippen LogP contribution in [-0.2, 0) is 6.54 Å². The third-order valence-electron chi connectivity index (χ3n) is 4.37. The highest BCUT2D eigenvalue weighted by Crippen LogP contribution is 2.37. The highest BCUT2D eigenvalue weighted by atomic mass is 32.2. The molecule has 0 saturated carbocycles. The fourth-order valence-corrected chi connectivity index (χ4v) is 5.65. The summed E-state index contributed by atoms with van der Waals surface area (Å²) in [5.74, 6) is 1.45. The molecule has 0 bridgehead atoms. The zero-order chi connectivity index (χ0) is 19.8. The van der Waals surface area contributed by atoms with Crippen LogP contribution in [0.15, 0.2) is 37.4 Å². The molecule has 0 spiro atoms. The number of hydrogen-bond acceptors (Lipinski definition) is 8. The van der Waals surface area contributed by atoms with E-state index in [0.717, 1.165) is 15.3 Å². The number of hydrogen-bond donors (Lipinski definition) is 0. The summed E-state index contributed by atoms with van der Waals surface area (Å²) in [6.45, 7) is 8.56. The van der Waals surface area contributed by atoms with E-state index in [2.05, 4.69) is 10.1 Å². The average molecular weight is 433 g/mol. The van der Waals surface area contributed by atoms with Crippen molar-refractivity contribution in [1.82, 2.24) is 19.7 Å². The number of fused-ring (bicyclic) bond motifs is 1. The molecule has 0 N–H and O–H groups in total. The molecule has 146 valence electrons. The standard InChI is InChI=1S/C19H20N4O2S3/c1-5-23-18(24)14-12(13-7-6-8-26-13)9-27-17(14)21-19(23)28-11(4)16-20-15(10(2)3)22-25-16/h6-11H,5H2,1-4H3/t11-/m0/s1. The predicted molar refractivity (Wildman–Crippen MR) is 116 cm³/mol. The number of thioether (sulfide) groups is 1. The van der Waals surface area contributed by atoms with Crippen LogP contribution in [0.25, 0.3) is 20.7 Å². The van der Waals surface area contributed by atoms with Gasteiger partial charge in [0, 0.05) is 28.3 Å².